The molecule has 2 rings (SSSR count). The fourth-order valence-electron chi connectivity index (χ4n) is 2.69. The molecule has 0 radical (unpaired) electrons. The van der Waals surface area contributed by atoms with Crippen LogP contribution < -0.4 is 5.32 Å². The van der Waals surface area contributed by atoms with E-state index in [9.17, 15) is 9.90 Å². The van der Waals surface area contributed by atoms with Crippen molar-refractivity contribution in [2.24, 2.45) is 0 Å². The van der Waals surface area contributed by atoms with Gasteiger partial charge in [0, 0.05) is 4.47 Å². The van der Waals surface area contributed by atoms with Crippen LogP contribution in [-0.4, -0.2) is 29.4 Å². The molecular formula is C22H28BrNO4. The van der Waals surface area contributed by atoms with Crippen molar-refractivity contribution >= 4 is 22.0 Å². The van der Waals surface area contributed by atoms with Crippen molar-refractivity contribution in [2.45, 2.75) is 52.0 Å². The maximum Gasteiger partial charge on any atom is 0.407 e. The van der Waals surface area contributed by atoms with Gasteiger partial charge < -0.3 is 19.9 Å². The predicted octanol–water partition coefficient (Wildman–Crippen LogP) is 4.59. The Balaban J connectivity index is 2.00. The lowest BCUT2D eigenvalue weighted by Gasteiger charge is -2.24. The summed E-state index contributed by atoms with van der Waals surface area (Å²) in [6.07, 6.45) is 0.155. The van der Waals surface area contributed by atoms with Crippen LogP contribution in [0.5, 0.6) is 0 Å². The van der Waals surface area contributed by atoms with Crippen molar-refractivity contribution in [1.82, 2.24) is 5.32 Å². The van der Waals surface area contributed by atoms with Gasteiger partial charge in [-0.05, 0) is 56.0 Å². The molecule has 28 heavy (non-hydrogen) atoms. The van der Waals surface area contributed by atoms with Crippen molar-refractivity contribution in [2.75, 3.05) is 6.61 Å². The molecule has 5 nitrogen and oxygen atoms in total. The van der Waals surface area contributed by atoms with Gasteiger partial charge in [-0.2, -0.15) is 0 Å². The van der Waals surface area contributed by atoms with Crippen LogP contribution in [0.15, 0.2) is 53.0 Å². The number of rotatable bonds is 8. The van der Waals surface area contributed by atoms with E-state index >= 15 is 0 Å². The molecule has 2 N–H and O–H groups in total. The Morgan fingerprint density at radius 1 is 1.11 bits per heavy atom. The van der Waals surface area contributed by atoms with Gasteiger partial charge in [0.15, 0.2) is 0 Å². The van der Waals surface area contributed by atoms with Gasteiger partial charge in [-0.3, -0.25) is 0 Å². The van der Waals surface area contributed by atoms with Gasteiger partial charge >= 0.3 is 6.09 Å². The van der Waals surface area contributed by atoms with E-state index in [1.807, 2.05) is 69.3 Å². The normalized spacial score (nSPS) is 12.5. The number of benzene rings is 2. The van der Waals surface area contributed by atoms with E-state index in [-0.39, 0.29) is 12.6 Å². The monoisotopic (exact) mass is 449 g/mol. The number of nitrogens with one attached hydrogen (secondary N) is 1. The van der Waals surface area contributed by atoms with Crippen molar-refractivity contribution < 1.29 is 19.4 Å². The highest BCUT2D eigenvalue weighted by atomic mass is 79.9. The van der Waals surface area contributed by atoms with E-state index in [2.05, 4.69) is 21.2 Å². The van der Waals surface area contributed by atoms with Gasteiger partial charge in [0.05, 0.1) is 25.9 Å². The molecule has 0 saturated heterocycles. The Morgan fingerprint density at radius 3 is 2.36 bits per heavy atom. The molecule has 0 fully saturated rings. The molecule has 2 aromatic rings. The largest absolute Gasteiger partial charge is 0.444 e. The lowest BCUT2D eigenvalue weighted by atomic mass is 10.1. The van der Waals surface area contributed by atoms with Crippen LogP contribution in [0, 0.1) is 0 Å². The first-order chi connectivity index (χ1) is 13.3. The Labute approximate surface area is 175 Å². The van der Waals surface area contributed by atoms with E-state index in [0.717, 1.165) is 21.2 Å². The van der Waals surface area contributed by atoms with E-state index in [4.69, 9.17) is 9.47 Å². The maximum atomic E-state index is 12.2. The van der Waals surface area contributed by atoms with Crippen molar-refractivity contribution in [3.63, 3.8) is 0 Å². The van der Waals surface area contributed by atoms with Crippen molar-refractivity contribution in [1.29, 1.82) is 0 Å². The average Bonchev–Trinajstić information content (AvgIpc) is 2.62. The highest BCUT2D eigenvalue weighted by molar-refractivity contribution is 9.10. The van der Waals surface area contributed by atoms with Crippen LogP contribution >= 0.6 is 15.9 Å². The standard InChI is InChI=1S/C22H28BrNO4/c1-22(2,3)28-21(26)24-20(12-16-8-10-19(23)11-9-16)15-27-14-18-7-5-4-6-17(18)13-25/h4-11,20,25H,12-15H2,1-3H3,(H,24,26). The number of carbonyl (C=O) groups excluding carboxylic acids is 1. The molecule has 152 valence electrons. The second kappa shape index (κ2) is 10.6. The molecule has 0 heterocycles. The summed E-state index contributed by atoms with van der Waals surface area (Å²) in [4.78, 5) is 12.2. The van der Waals surface area contributed by atoms with E-state index in [1.54, 1.807) is 0 Å². The van der Waals surface area contributed by atoms with Crippen LogP contribution in [0.4, 0.5) is 4.79 Å². The maximum absolute atomic E-state index is 12.2. The molecule has 0 aliphatic carbocycles. The van der Waals surface area contributed by atoms with Crippen LogP contribution in [0.1, 0.15) is 37.5 Å². The third-order valence-electron chi connectivity index (χ3n) is 3.98. The minimum absolute atomic E-state index is 0.0297. The first-order valence-electron chi connectivity index (χ1n) is 9.26. The number of alkyl carbamates (subject to hydrolysis) is 1. The molecule has 0 spiro atoms. The molecule has 0 aromatic heterocycles. The summed E-state index contributed by atoms with van der Waals surface area (Å²) in [7, 11) is 0. The first kappa shape index (κ1) is 22.4. The summed E-state index contributed by atoms with van der Waals surface area (Å²) in [5.74, 6) is 0. The molecule has 0 aliphatic rings. The fraction of sp³-hybridized carbons (Fsp3) is 0.409. The highest BCUT2D eigenvalue weighted by Crippen LogP contribution is 2.14. The summed E-state index contributed by atoms with van der Waals surface area (Å²) in [6, 6.07) is 15.3. The predicted molar refractivity (Wildman–Crippen MR) is 113 cm³/mol. The number of aliphatic hydroxyl groups is 1. The second-order valence-corrected chi connectivity index (χ2v) is 8.53. The molecule has 1 amide bonds. The summed E-state index contributed by atoms with van der Waals surface area (Å²) < 4.78 is 12.2. The van der Waals surface area contributed by atoms with Gasteiger partial charge in [-0.15, -0.1) is 0 Å². The number of ether oxygens (including phenoxy) is 2. The Morgan fingerprint density at radius 2 is 1.75 bits per heavy atom. The van der Waals surface area contributed by atoms with Gasteiger partial charge in [0.25, 0.3) is 0 Å². The zero-order chi connectivity index (χ0) is 20.6. The summed E-state index contributed by atoms with van der Waals surface area (Å²) in [6.45, 7) is 6.16. The molecule has 0 saturated carbocycles. The van der Waals surface area contributed by atoms with Gasteiger partial charge in [0.2, 0.25) is 0 Å². The fourth-order valence-corrected chi connectivity index (χ4v) is 2.96. The third-order valence-corrected chi connectivity index (χ3v) is 4.51. The number of hydrogen-bond acceptors (Lipinski definition) is 4. The van der Waals surface area contributed by atoms with Crippen molar-refractivity contribution in [3.05, 3.63) is 69.7 Å². The third kappa shape index (κ3) is 8.00. The minimum atomic E-state index is -0.562. The van der Waals surface area contributed by atoms with Crippen LogP contribution in [0.25, 0.3) is 0 Å². The number of aliphatic hydroxyl groups excluding tert-OH is 1. The molecule has 0 bridgehead atoms. The Bertz CT molecular complexity index is 756. The topological polar surface area (TPSA) is 67.8 Å². The zero-order valence-corrected chi connectivity index (χ0v) is 18.2. The van der Waals surface area contributed by atoms with Gasteiger partial charge in [-0.1, -0.05) is 52.3 Å². The van der Waals surface area contributed by atoms with Crippen molar-refractivity contribution in [3.8, 4) is 0 Å². The SMILES string of the molecule is CC(C)(C)OC(=O)NC(COCc1ccccc1CO)Cc1ccc(Br)cc1. The molecule has 6 heteroatoms. The van der Waals surface area contributed by atoms with Crippen LogP contribution in [0.3, 0.4) is 0 Å². The second-order valence-electron chi connectivity index (χ2n) is 7.62. The molecule has 0 aliphatic heterocycles. The van der Waals surface area contributed by atoms with Gasteiger partial charge in [0.1, 0.15) is 5.60 Å². The van der Waals surface area contributed by atoms with E-state index < -0.39 is 11.7 Å². The number of amides is 1. The van der Waals surface area contributed by atoms with Crippen LogP contribution in [0.2, 0.25) is 0 Å². The lowest BCUT2D eigenvalue weighted by Crippen LogP contribution is -2.42. The lowest BCUT2D eigenvalue weighted by molar-refractivity contribution is 0.0428. The van der Waals surface area contributed by atoms with Gasteiger partial charge in [-0.25, -0.2) is 4.79 Å². The molecule has 2 aromatic carbocycles. The van der Waals surface area contributed by atoms with Crippen LogP contribution in [-0.2, 0) is 29.1 Å². The number of hydrogen-bond donors (Lipinski definition) is 2. The minimum Gasteiger partial charge on any atom is -0.444 e. The highest BCUT2D eigenvalue weighted by Gasteiger charge is 2.20. The first-order valence-corrected chi connectivity index (χ1v) is 10.1. The Kier molecular flexibility index (Phi) is 8.48. The zero-order valence-electron chi connectivity index (χ0n) is 16.6. The number of halogens is 1. The Hall–Kier alpha value is -1.89. The molecule has 1 unspecified atom stereocenters. The summed E-state index contributed by atoms with van der Waals surface area (Å²) in [5.41, 5.74) is 2.30. The quantitative estimate of drug-likeness (QED) is 0.617. The molecule has 1 atom stereocenters. The van der Waals surface area contributed by atoms with E-state index in [1.165, 1.54) is 0 Å². The smallest absolute Gasteiger partial charge is 0.407 e. The molecular weight excluding hydrogens is 422 g/mol. The van der Waals surface area contributed by atoms with E-state index in [0.29, 0.717) is 19.6 Å². The average molecular weight is 450 g/mol. The summed E-state index contributed by atoms with van der Waals surface area (Å²) >= 11 is 3.43. The number of carbonyl (C=O) groups is 1. The summed E-state index contributed by atoms with van der Waals surface area (Å²) in [5, 5.41) is 12.3.